The number of nitrogens with two attached hydrogens (primary N) is 1. The Labute approximate surface area is 171 Å². The predicted octanol–water partition coefficient (Wildman–Crippen LogP) is 2.89. The highest BCUT2D eigenvalue weighted by Crippen LogP contribution is 2.24. The van der Waals surface area contributed by atoms with E-state index in [-0.39, 0.29) is 43.4 Å². The van der Waals surface area contributed by atoms with Gasteiger partial charge in [0.25, 0.3) is 0 Å². The van der Waals surface area contributed by atoms with Gasteiger partial charge in [-0.1, -0.05) is 29.3 Å². The Morgan fingerprint density at radius 1 is 1.32 bits per heavy atom. The SMILES string of the molecule is COCC(N)C(=O)NC1CCN(Cc2ccc(Cl)c(Cl)c2)CC1.Cl.Cl. The van der Waals surface area contributed by atoms with Crippen molar-refractivity contribution < 1.29 is 9.53 Å². The first-order chi connectivity index (χ1) is 11.0. The van der Waals surface area contributed by atoms with Gasteiger partial charge < -0.3 is 15.8 Å². The summed E-state index contributed by atoms with van der Waals surface area (Å²) in [6.07, 6.45) is 1.82. The average Bonchev–Trinajstić information content (AvgIpc) is 2.53. The molecule has 144 valence electrons. The Kier molecular flexibility index (Phi) is 12.0. The molecule has 25 heavy (non-hydrogen) atoms. The van der Waals surface area contributed by atoms with Crippen LogP contribution in [0.1, 0.15) is 18.4 Å². The number of halogens is 4. The molecule has 1 saturated heterocycles. The monoisotopic (exact) mass is 431 g/mol. The van der Waals surface area contributed by atoms with E-state index < -0.39 is 6.04 Å². The van der Waals surface area contributed by atoms with Gasteiger partial charge in [-0.25, -0.2) is 0 Å². The van der Waals surface area contributed by atoms with Crippen LogP contribution in [0.3, 0.4) is 0 Å². The summed E-state index contributed by atoms with van der Waals surface area (Å²) in [5.41, 5.74) is 6.87. The first kappa shape index (κ1) is 24.7. The van der Waals surface area contributed by atoms with Crippen molar-refractivity contribution in [1.29, 1.82) is 0 Å². The molecule has 1 heterocycles. The van der Waals surface area contributed by atoms with E-state index in [1.807, 2.05) is 18.2 Å². The van der Waals surface area contributed by atoms with Crippen LogP contribution < -0.4 is 11.1 Å². The predicted molar refractivity (Wildman–Crippen MR) is 107 cm³/mol. The fourth-order valence-electron chi connectivity index (χ4n) is 2.70. The zero-order chi connectivity index (χ0) is 16.8. The topological polar surface area (TPSA) is 67.6 Å². The van der Waals surface area contributed by atoms with E-state index in [1.165, 1.54) is 7.11 Å². The molecule has 0 bridgehead atoms. The summed E-state index contributed by atoms with van der Waals surface area (Å²) in [5.74, 6) is -0.144. The van der Waals surface area contributed by atoms with Crippen LogP contribution in [0.4, 0.5) is 0 Å². The number of nitrogens with zero attached hydrogens (tertiary/aromatic N) is 1. The molecule has 1 aromatic carbocycles. The molecule has 1 aliphatic heterocycles. The average molecular weight is 433 g/mol. The van der Waals surface area contributed by atoms with Crippen LogP contribution in [0.5, 0.6) is 0 Å². The van der Waals surface area contributed by atoms with Crippen molar-refractivity contribution in [3.8, 4) is 0 Å². The quantitative estimate of drug-likeness (QED) is 0.725. The number of benzene rings is 1. The molecule has 1 unspecified atom stereocenters. The van der Waals surface area contributed by atoms with Crippen LogP contribution >= 0.6 is 48.0 Å². The van der Waals surface area contributed by atoms with Crippen molar-refractivity contribution >= 4 is 53.9 Å². The van der Waals surface area contributed by atoms with E-state index in [4.69, 9.17) is 33.7 Å². The Hall–Kier alpha value is -0.270. The minimum Gasteiger partial charge on any atom is -0.383 e. The first-order valence-corrected chi connectivity index (χ1v) is 8.46. The third kappa shape index (κ3) is 7.87. The molecule has 0 spiro atoms. The molecule has 1 atom stereocenters. The lowest BCUT2D eigenvalue weighted by Gasteiger charge is -2.32. The molecule has 1 fully saturated rings. The molecule has 1 amide bonds. The van der Waals surface area contributed by atoms with Gasteiger partial charge in [-0.15, -0.1) is 24.8 Å². The van der Waals surface area contributed by atoms with Gasteiger partial charge >= 0.3 is 0 Å². The molecule has 0 aromatic heterocycles. The number of hydrogen-bond acceptors (Lipinski definition) is 4. The van der Waals surface area contributed by atoms with Gasteiger partial charge in [0, 0.05) is 32.8 Å². The fraction of sp³-hybridized carbons (Fsp3) is 0.562. The van der Waals surface area contributed by atoms with Crippen molar-refractivity contribution in [2.75, 3.05) is 26.8 Å². The number of carbonyl (C=O) groups is 1. The van der Waals surface area contributed by atoms with Gasteiger partial charge in [-0.05, 0) is 30.5 Å². The van der Waals surface area contributed by atoms with Gasteiger partial charge in [0.2, 0.25) is 5.91 Å². The summed E-state index contributed by atoms with van der Waals surface area (Å²) >= 11 is 12.0. The third-order valence-electron chi connectivity index (χ3n) is 4.01. The number of likely N-dealkylation sites (tertiary alicyclic amines) is 1. The zero-order valence-electron chi connectivity index (χ0n) is 14.0. The molecule has 0 radical (unpaired) electrons. The van der Waals surface area contributed by atoms with Crippen molar-refractivity contribution in [2.24, 2.45) is 5.73 Å². The minimum absolute atomic E-state index is 0. The molecule has 5 nitrogen and oxygen atoms in total. The lowest BCUT2D eigenvalue weighted by Crippen LogP contribution is -2.50. The Bertz CT molecular complexity index is 540. The lowest BCUT2D eigenvalue weighted by atomic mass is 10.0. The fourth-order valence-corrected chi connectivity index (χ4v) is 3.02. The lowest BCUT2D eigenvalue weighted by molar-refractivity contribution is -0.124. The molecule has 1 aromatic rings. The van der Waals surface area contributed by atoms with Crippen molar-refractivity contribution in [3.63, 3.8) is 0 Å². The zero-order valence-corrected chi connectivity index (χ0v) is 17.2. The van der Waals surface area contributed by atoms with E-state index in [0.717, 1.165) is 38.0 Å². The number of piperidine rings is 1. The summed E-state index contributed by atoms with van der Waals surface area (Å²) in [4.78, 5) is 14.2. The number of nitrogens with one attached hydrogen (secondary N) is 1. The second-order valence-corrected chi connectivity index (χ2v) is 6.68. The Morgan fingerprint density at radius 3 is 2.52 bits per heavy atom. The minimum atomic E-state index is -0.603. The largest absolute Gasteiger partial charge is 0.383 e. The van der Waals surface area contributed by atoms with E-state index in [1.54, 1.807) is 0 Å². The second kappa shape index (κ2) is 12.2. The van der Waals surface area contributed by atoms with E-state index in [0.29, 0.717) is 10.0 Å². The Morgan fingerprint density at radius 2 is 1.96 bits per heavy atom. The van der Waals surface area contributed by atoms with Crippen molar-refractivity contribution in [1.82, 2.24) is 10.2 Å². The molecule has 2 rings (SSSR count). The maximum atomic E-state index is 11.9. The summed E-state index contributed by atoms with van der Waals surface area (Å²) in [6.45, 7) is 2.91. The van der Waals surface area contributed by atoms with E-state index in [9.17, 15) is 4.79 Å². The first-order valence-electron chi connectivity index (χ1n) is 7.70. The number of hydrogen-bond donors (Lipinski definition) is 2. The second-order valence-electron chi connectivity index (χ2n) is 5.87. The van der Waals surface area contributed by atoms with Crippen LogP contribution in [-0.4, -0.2) is 49.7 Å². The number of ether oxygens (including phenoxy) is 1. The van der Waals surface area contributed by atoms with Crippen molar-refractivity contribution in [3.05, 3.63) is 33.8 Å². The van der Waals surface area contributed by atoms with E-state index >= 15 is 0 Å². The maximum absolute atomic E-state index is 11.9. The van der Waals surface area contributed by atoms with Crippen LogP contribution in [0.15, 0.2) is 18.2 Å². The third-order valence-corrected chi connectivity index (χ3v) is 4.75. The smallest absolute Gasteiger partial charge is 0.239 e. The molecule has 0 aliphatic carbocycles. The summed E-state index contributed by atoms with van der Waals surface area (Å²) in [7, 11) is 1.54. The van der Waals surface area contributed by atoms with Gasteiger partial charge in [0.05, 0.1) is 16.7 Å². The highest BCUT2D eigenvalue weighted by atomic mass is 35.5. The van der Waals surface area contributed by atoms with Gasteiger partial charge in [-0.3, -0.25) is 9.69 Å². The van der Waals surface area contributed by atoms with Crippen LogP contribution in [0.25, 0.3) is 0 Å². The Balaban J connectivity index is 0.00000288. The van der Waals surface area contributed by atoms with Gasteiger partial charge in [0.15, 0.2) is 0 Å². The highest BCUT2D eigenvalue weighted by Gasteiger charge is 2.23. The maximum Gasteiger partial charge on any atom is 0.239 e. The summed E-state index contributed by atoms with van der Waals surface area (Å²) in [5, 5.41) is 4.15. The number of amides is 1. The summed E-state index contributed by atoms with van der Waals surface area (Å²) in [6, 6.07) is 5.29. The van der Waals surface area contributed by atoms with Crippen LogP contribution in [0, 0.1) is 0 Å². The normalized spacial score (nSPS) is 16.5. The molecular weight excluding hydrogens is 408 g/mol. The molecule has 3 N–H and O–H groups in total. The molecular formula is C16H25Cl4N3O2. The number of rotatable bonds is 6. The van der Waals surface area contributed by atoms with Crippen LogP contribution in [-0.2, 0) is 16.1 Å². The van der Waals surface area contributed by atoms with Gasteiger partial charge in [-0.2, -0.15) is 0 Å². The molecule has 9 heteroatoms. The van der Waals surface area contributed by atoms with Crippen molar-refractivity contribution in [2.45, 2.75) is 31.5 Å². The van der Waals surface area contributed by atoms with E-state index in [2.05, 4.69) is 10.2 Å². The number of methoxy groups -OCH3 is 1. The van der Waals surface area contributed by atoms with Gasteiger partial charge in [0.1, 0.15) is 6.04 Å². The highest BCUT2D eigenvalue weighted by molar-refractivity contribution is 6.42. The standard InChI is InChI=1S/C16H23Cl2N3O2.2ClH/c1-23-10-15(19)16(22)20-12-4-6-21(7-5-12)9-11-2-3-13(17)14(18)8-11;;/h2-3,8,12,15H,4-7,9-10,19H2,1H3,(H,20,22);2*1H. The molecule has 1 aliphatic rings. The van der Waals surface area contributed by atoms with Crippen LogP contribution in [0.2, 0.25) is 10.0 Å². The summed E-state index contributed by atoms with van der Waals surface area (Å²) < 4.78 is 4.90. The molecule has 0 saturated carbocycles. The number of carbonyl (C=O) groups excluding carboxylic acids is 1.